The number of aromatic nitrogens is 4. The number of nitrogens with zero attached hydrogens (tertiary/aromatic N) is 4. The third kappa shape index (κ3) is 7.77. The van der Waals surface area contributed by atoms with Crippen LogP contribution in [0, 0.1) is 5.82 Å². The van der Waals surface area contributed by atoms with Crippen molar-refractivity contribution in [1.29, 1.82) is 0 Å². The third-order valence-corrected chi connectivity index (χ3v) is 5.74. The first-order valence-corrected chi connectivity index (χ1v) is 12.4. The number of anilines is 2. The Morgan fingerprint density at radius 1 is 1.20 bits per heavy atom. The van der Waals surface area contributed by atoms with E-state index in [9.17, 15) is 27.2 Å². The molecule has 40 heavy (non-hydrogen) atoms. The van der Waals surface area contributed by atoms with Crippen molar-refractivity contribution in [3.63, 3.8) is 0 Å². The molecule has 4 N–H and O–H groups in total. The lowest BCUT2D eigenvalue weighted by molar-refractivity contribution is -0.138. The van der Waals surface area contributed by atoms with E-state index in [0.29, 0.717) is 42.1 Å². The van der Waals surface area contributed by atoms with Gasteiger partial charge < -0.3 is 20.7 Å². The number of alkyl halides is 3. The molecule has 214 valence electrons. The molecule has 2 aromatic heterocycles. The number of ether oxygens (including phenoxy) is 1. The molecule has 0 atom stereocenters. The van der Waals surface area contributed by atoms with Crippen LogP contribution in [-0.2, 0) is 6.18 Å². The normalized spacial score (nSPS) is 12.6. The first-order valence-electron chi connectivity index (χ1n) is 12.4. The van der Waals surface area contributed by atoms with Gasteiger partial charge in [0.2, 0.25) is 0 Å². The van der Waals surface area contributed by atoms with Gasteiger partial charge in [-0.2, -0.15) is 18.3 Å². The number of aromatic amines is 1. The van der Waals surface area contributed by atoms with Crippen LogP contribution in [0.2, 0.25) is 0 Å². The fraction of sp³-hybridized carbons (Fsp3) is 0.346. The van der Waals surface area contributed by atoms with Gasteiger partial charge in [0.15, 0.2) is 23.7 Å². The molecule has 0 aliphatic carbocycles. The summed E-state index contributed by atoms with van der Waals surface area (Å²) in [5.74, 6) is 0.807. The lowest BCUT2D eigenvalue weighted by Crippen LogP contribution is -2.24. The van der Waals surface area contributed by atoms with Crippen molar-refractivity contribution in [2.75, 3.05) is 37.8 Å². The average Bonchev–Trinajstić information content (AvgIpc) is 2.91. The highest BCUT2D eigenvalue weighted by Gasteiger charge is 2.36. The third-order valence-electron chi connectivity index (χ3n) is 5.74. The Morgan fingerprint density at radius 3 is 2.62 bits per heavy atom. The fourth-order valence-corrected chi connectivity index (χ4v) is 3.68. The van der Waals surface area contributed by atoms with Crippen molar-refractivity contribution in [1.82, 2.24) is 25.1 Å². The molecule has 0 amide bonds. The summed E-state index contributed by atoms with van der Waals surface area (Å²) in [7, 11) is 1.98. The summed E-state index contributed by atoms with van der Waals surface area (Å²) >= 11 is 0. The van der Waals surface area contributed by atoms with Crippen molar-refractivity contribution in [3.8, 4) is 17.1 Å². The number of hydrogen-bond acceptors (Lipinski definition) is 9. The highest BCUT2D eigenvalue weighted by Crippen LogP contribution is 2.30. The molecule has 10 nitrogen and oxygen atoms in total. The Morgan fingerprint density at radius 2 is 1.98 bits per heavy atom. The topological polar surface area (TPSA) is 139 Å². The smallest absolute Gasteiger partial charge is 0.423 e. The summed E-state index contributed by atoms with van der Waals surface area (Å²) in [5, 5.41) is 7.86. The zero-order valence-corrected chi connectivity index (χ0v) is 21.9. The van der Waals surface area contributed by atoms with Crippen LogP contribution < -0.4 is 21.3 Å². The number of nitrogens with two attached hydrogens (primary N) is 1. The predicted molar refractivity (Wildman–Crippen MR) is 142 cm³/mol. The SMILES string of the molecule is CCCCCN(C)/C=C\c1cc(-c2ncc3c(n2)NCCO3)c(F)cc1C=O.Nc1cn[nH]c(=O)c1C(F)(F)F. The molecule has 0 spiro atoms. The number of benzene rings is 1. The number of H-pyrrole nitrogens is 1. The lowest BCUT2D eigenvalue weighted by Gasteiger charge is -2.18. The van der Waals surface area contributed by atoms with Gasteiger partial charge >= 0.3 is 6.18 Å². The summed E-state index contributed by atoms with van der Waals surface area (Å²) in [4.78, 5) is 32.6. The molecule has 1 aliphatic heterocycles. The number of fused-ring (bicyclic) bond motifs is 1. The molecule has 0 bridgehead atoms. The van der Waals surface area contributed by atoms with Crippen LogP contribution in [0.1, 0.15) is 47.7 Å². The van der Waals surface area contributed by atoms with Gasteiger partial charge in [0.05, 0.1) is 30.2 Å². The molecule has 0 saturated heterocycles. The zero-order valence-electron chi connectivity index (χ0n) is 21.9. The van der Waals surface area contributed by atoms with Crippen molar-refractivity contribution >= 4 is 23.9 Å². The van der Waals surface area contributed by atoms with E-state index in [2.05, 4.69) is 32.2 Å². The maximum Gasteiger partial charge on any atom is 0.423 e. The van der Waals surface area contributed by atoms with Crippen LogP contribution in [0.3, 0.4) is 0 Å². The van der Waals surface area contributed by atoms with E-state index in [1.54, 1.807) is 11.2 Å². The van der Waals surface area contributed by atoms with Crippen LogP contribution in [0.4, 0.5) is 29.1 Å². The fourth-order valence-electron chi connectivity index (χ4n) is 3.68. The highest BCUT2D eigenvalue weighted by molar-refractivity contribution is 5.84. The molecule has 0 unspecified atom stereocenters. The Bertz CT molecular complexity index is 1410. The minimum absolute atomic E-state index is 0.244. The molecule has 3 heterocycles. The van der Waals surface area contributed by atoms with E-state index in [0.717, 1.165) is 25.6 Å². The van der Waals surface area contributed by atoms with Gasteiger partial charge in [0.25, 0.3) is 5.56 Å². The summed E-state index contributed by atoms with van der Waals surface area (Å²) in [6.45, 7) is 4.26. The van der Waals surface area contributed by atoms with Crippen LogP contribution in [0.15, 0.2) is 35.5 Å². The van der Waals surface area contributed by atoms with Gasteiger partial charge in [-0.1, -0.05) is 19.8 Å². The van der Waals surface area contributed by atoms with Gasteiger partial charge in [-0.05, 0) is 36.4 Å². The standard InChI is InChI=1S/C21H25FN4O2.C5H4F3N3O/c1-3-4-5-8-26(2)9-6-15-11-17(18(22)12-16(15)14-27)20-24-13-19-21(25-20)23-7-10-28-19;6-5(7,8)3-2(9)1-10-11-4(3)12/h6,9,11-14H,3-5,7-8,10H2,1-2H3,(H,23,24,25);1H,(H3,9,11,12)/b9-6-;. The Balaban J connectivity index is 0.000000307. The molecule has 1 aromatic carbocycles. The molecule has 0 radical (unpaired) electrons. The summed E-state index contributed by atoms with van der Waals surface area (Å²) in [6, 6.07) is 2.84. The van der Waals surface area contributed by atoms with Crippen molar-refractivity contribution < 1.29 is 27.1 Å². The highest BCUT2D eigenvalue weighted by atomic mass is 19.4. The second kappa shape index (κ2) is 13.5. The van der Waals surface area contributed by atoms with Gasteiger partial charge in [0, 0.05) is 19.2 Å². The van der Waals surface area contributed by atoms with Crippen LogP contribution in [0.25, 0.3) is 17.5 Å². The first-order chi connectivity index (χ1) is 19.0. The number of carbonyl (C=O) groups is 1. The van der Waals surface area contributed by atoms with Crippen molar-refractivity contribution in [2.24, 2.45) is 0 Å². The van der Waals surface area contributed by atoms with Gasteiger partial charge in [0.1, 0.15) is 18.0 Å². The van der Waals surface area contributed by atoms with E-state index in [4.69, 9.17) is 10.5 Å². The average molecular weight is 564 g/mol. The maximum atomic E-state index is 14.6. The number of halogens is 4. The largest absolute Gasteiger partial charge is 0.486 e. The minimum atomic E-state index is -4.74. The van der Waals surface area contributed by atoms with E-state index in [-0.39, 0.29) is 11.4 Å². The molecule has 0 saturated carbocycles. The van der Waals surface area contributed by atoms with E-state index >= 15 is 0 Å². The van der Waals surface area contributed by atoms with Gasteiger partial charge in [-0.3, -0.25) is 9.59 Å². The number of carbonyl (C=O) groups excluding carboxylic acids is 1. The van der Waals surface area contributed by atoms with Crippen molar-refractivity contribution in [2.45, 2.75) is 32.4 Å². The van der Waals surface area contributed by atoms with E-state index in [1.165, 1.54) is 18.7 Å². The van der Waals surface area contributed by atoms with Crippen LogP contribution >= 0.6 is 0 Å². The quantitative estimate of drug-likeness (QED) is 0.207. The van der Waals surface area contributed by atoms with Crippen molar-refractivity contribution in [3.05, 3.63) is 63.6 Å². The van der Waals surface area contributed by atoms with E-state index < -0.39 is 28.8 Å². The monoisotopic (exact) mass is 563 g/mol. The number of hydrogen-bond donors (Lipinski definition) is 3. The number of nitrogen functional groups attached to an aromatic ring is 1. The molecule has 4 rings (SSSR count). The van der Waals surface area contributed by atoms with Gasteiger partial charge in [-0.15, -0.1) is 0 Å². The molecule has 3 aromatic rings. The predicted octanol–water partition coefficient (Wildman–Crippen LogP) is 4.36. The number of nitrogens with one attached hydrogen (secondary N) is 2. The molecule has 14 heteroatoms. The molecular weight excluding hydrogens is 534 g/mol. The number of unbranched alkanes of at least 4 members (excludes halogenated alkanes) is 2. The molecule has 1 aliphatic rings. The maximum absolute atomic E-state index is 14.6. The van der Waals surface area contributed by atoms with Gasteiger partial charge in [-0.25, -0.2) is 19.5 Å². The molecular formula is C26H29F4N7O3. The van der Waals surface area contributed by atoms with Crippen LogP contribution in [-0.4, -0.2) is 58.1 Å². The second-order valence-electron chi connectivity index (χ2n) is 8.79. The zero-order chi connectivity index (χ0) is 29.3. The lowest BCUT2D eigenvalue weighted by atomic mass is 10.0. The minimum Gasteiger partial charge on any atom is -0.486 e. The Hall–Kier alpha value is -4.49. The summed E-state index contributed by atoms with van der Waals surface area (Å²) in [5.41, 5.74) is 2.65. The Kier molecular flexibility index (Phi) is 10.2. The first kappa shape index (κ1) is 30.1. The number of aldehydes is 1. The van der Waals surface area contributed by atoms with Crippen LogP contribution in [0.5, 0.6) is 5.75 Å². The summed E-state index contributed by atoms with van der Waals surface area (Å²) < 4.78 is 56.0. The summed E-state index contributed by atoms with van der Waals surface area (Å²) in [6.07, 6.45) is 5.36. The molecule has 0 fully saturated rings. The van der Waals surface area contributed by atoms with E-state index in [1.807, 2.05) is 19.3 Å². The Labute approximate surface area is 227 Å². The number of rotatable bonds is 8. The second-order valence-corrected chi connectivity index (χ2v) is 8.79.